The zero-order valence-electron chi connectivity index (χ0n) is 12.4. The first-order valence-corrected chi connectivity index (χ1v) is 7.99. The lowest BCUT2D eigenvalue weighted by atomic mass is 9.96. The van der Waals surface area contributed by atoms with Crippen LogP contribution in [-0.4, -0.2) is 11.5 Å². The molecule has 112 valence electrons. The van der Waals surface area contributed by atoms with Gasteiger partial charge in [0, 0.05) is 22.9 Å². The summed E-state index contributed by atoms with van der Waals surface area (Å²) in [5, 5.41) is 3.57. The predicted molar refractivity (Wildman–Crippen MR) is 87.8 cm³/mol. The third-order valence-electron chi connectivity index (χ3n) is 3.52. The fourth-order valence-corrected chi connectivity index (χ4v) is 2.91. The zero-order chi connectivity index (χ0) is 15.2. The van der Waals surface area contributed by atoms with Gasteiger partial charge in [-0.25, -0.2) is 4.39 Å². The monoisotopic (exact) mass is 350 g/mol. The molecule has 1 N–H and O–H groups in total. The third-order valence-corrected chi connectivity index (χ3v) is 4.26. The van der Waals surface area contributed by atoms with E-state index >= 15 is 0 Å². The molecule has 0 radical (unpaired) electrons. The maximum absolute atomic E-state index is 13.2. The van der Waals surface area contributed by atoms with Gasteiger partial charge in [0.05, 0.1) is 0 Å². The van der Waals surface area contributed by atoms with Crippen LogP contribution in [0.4, 0.5) is 4.39 Å². The Bertz CT molecular complexity index is 601. The Morgan fingerprint density at radius 2 is 2.14 bits per heavy atom. The molecule has 1 atom stereocenters. The van der Waals surface area contributed by atoms with Crippen molar-refractivity contribution in [3.63, 3.8) is 0 Å². The lowest BCUT2D eigenvalue weighted by molar-refractivity contribution is 0.525. The van der Waals surface area contributed by atoms with Crippen molar-refractivity contribution < 1.29 is 4.39 Å². The number of halogens is 2. The van der Waals surface area contributed by atoms with Gasteiger partial charge >= 0.3 is 0 Å². The van der Waals surface area contributed by atoms with E-state index in [0.29, 0.717) is 0 Å². The summed E-state index contributed by atoms with van der Waals surface area (Å²) >= 11 is 3.45. The van der Waals surface area contributed by atoms with Crippen molar-refractivity contribution in [2.75, 3.05) is 6.54 Å². The first kappa shape index (κ1) is 16.1. The summed E-state index contributed by atoms with van der Waals surface area (Å²) in [5.74, 6) is -0.219. The van der Waals surface area contributed by atoms with Crippen molar-refractivity contribution in [1.29, 1.82) is 0 Å². The normalized spacial score (nSPS) is 12.4. The van der Waals surface area contributed by atoms with Gasteiger partial charge in [-0.2, -0.15) is 0 Å². The van der Waals surface area contributed by atoms with Crippen LogP contribution in [0.25, 0.3) is 0 Å². The number of rotatable bonds is 6. The molecule has 0 saturated carbocycles. The largest absolute Gasteiger partial charge is 0.310 e. The molecule has 0 saturated heterocycles. The van der Waals surface area contributed by atoms with Crippen LogP contribution in [0.3, 0.4) is 0 Å². The smallest absolute Gasteiger partial charge is 0.124 e. The molecule has 0 aliphatic heterocycles. The Balaban J connectivity index is 2.26. The van der Waals surface area contributed by atoms with E-state index < -0.39 is 0 Å². The van der Waals surface area contributed by atoms with Crippen LogP contribution in [0, 0.1) is 12.7 Å². The highest BCUT2D eigenvalue weighted by Gasteiger charge is 2.15. The lowest BCUT2D eigenvalue weighted by Crippen LogP contribution is -2.25. The predicted octanol–water partition coefficient (Wildman–Crippen LogP) is 4.58. The van der Waals surface area contributed by atoms with E-state index in [1.54, 1.807) is 0 Å². The second kappa shape index (κ2) is 7.66. The summed E-state index contributed by atoms with van der Waals surface area (Å²) in [7, 11) is 0. The molecule has 0 aliphatic rings. The number of nitrogens with one attached hydrogen (secondary N) is 1. The van der Waals surface area contributed by atoms with E-state index in [2.05, 4.69) is 46.1 Å². The van der Waals surface area contributed by atoms with Gasteiger partial charge in [0.2, 0.25) is 0 Å². The van der Waals surface area contributed by atoms with Gasteiger partial charge in [0.25, 0.3) is 0 Å². The lowest BCUT2D eigenvalue weighted by Gasteiger charge is -2.21. The summed E-state index contributed by atoms with van der Waals surface area (Å²) in [6.07, 6.45) is 5.59. The molecular formula is C17H20BrFN2. The van der Waals surface area contributed by atoms with Crippen LogP contribution in [-0.2, 0) is 6.42 Å². The molecule has 1 unspecified atom stereocenters. The molecule has 1 aromatic heterocycles. The fraction of sp³-hybridized carbons (Fsp3) is 0.353. The third kappa shape index (κ3) is 4.35. The highest BCUT2D eigenvalue weighted by Crippen LogP contribution is 2.26. The van der Waals surface area contributed by atoms with E-state index in [1.807, 2.05) is 18.5 Å². The molecule has 4 heteroatoms. The van der Waals surface area contributed by atoms with E-state index in [-0.39, 0.29) is 11.9 Å². The highest BCUT2D eigenvalue weighted by molar-refractivity contribution is 9.10. The number of nitrogens with zero attached hydrogens (tertiary/aromatic N) is 1. The molecule has 2 aromatic rings. The van der Waals surface area contributed by atoms with E-state index in [4.69, 9.17) is 0 Å². The van der Waals surface area contributed by atoms with Crippen molar-refractivity contribution in [1.82, 2.24) is 10.3 Å². The fourth-order valence-electron chi connectivity index (χ4n) is 2.39. The molecule has 1 aromatic carbocycles. The standard InChI is InChI=1S/C17H20BrFN2/c1-3-7-21-17(15-6-8-20-11-12(15)2)9-13-4-5-14(19)10-16(13)18/h4-6,8,10-11,17,21H,3,7,9H2,1-2H3. The SMILES string of the molecule is CCCNC(Cc1ccc(F)cc1Br)c1ccncc1C. The Labute approximate surface area is 133 Å². The summed E-state index contributed by atoms with van der Waals surface area (Å²) < 4.78 is 14.0. The quantitative estimate of drug-likeness (QED) is 0.824. The highest BCUT2D eigenvalue weighted by atomic mass is 79.9. The minimum Gasteiger partial charge on any atom is -0.310 e. The van der Waals surface area contributed by atoms with Crippen molar-refractivity contribution in [2.45, 2.75) is 32.7 Å². The van der Waals surface area contributed by atoms with Gasteiger partial charge in [0.1, 0.15) is 5.82 Å². The molecule has 1 heterocycles. The first-order chi connectivity index (χ1) is 10.1. The molecule has 0 bridgehead atoms. The van der Waals surface area contributed by atoms with E-state index in [0.717, 1.165) is 29.4 Å². The van der Waals surface area contributed by atoms with Crippen molar-refractivity contribution in [3.8, 4) is 0 Å². The van der Waals surface area contributed by atoms with Crippen molar-refractivity contribution in [3.05, 3.63) is 63.6 Å². The average Bonchev–Trinajstić information content (AvgIpc) is 2.46. The average molecular weight is 351 g/mol. The van der Waals surface area contributed by atoms with Gasteiger partial charge < -0.3 is 5.32 Å². The summed E-state index contributed by atoms with van der Waals surface area (Å²) in [6.45, 7) is 5.17. The molecule has 21 heavy (non-hydrogen) atoms. The van der Waals surface area contributed by atoms with E-state index in [9.17, 15) is 4.39 Å². The number of hydrogen-bond donors (Lipinski definition) is 1. The summed E-state index contributed by atoms with van der Waals surface area (Å²) in [6, 6.07) is 7.13. The maximum Gasteiger partial charge on any atom is 0.124 e. The second-order valence-electron chi connectivity index (χ2n) is 5.18. The van der Waals surface area contributed by atoms with Crippen LogP contribution in [0.5, 0.6) is 0 Å². The first-order valence-electron chi connectivity index (χ1n) is 7.19. The number of pyridine rings is 1. The maximum atomic E-state index is 13.2. The van der Waals surface area contributed by atoms with Crippen LogP contribution >= 0.6 is 15.9 Å². The van der Waals surface area contributed by atoms with Crippen LogP contribution in [0.2, 0.25) is 0 Å². The van der Waals surface area contributed by atoms with Gasteiger partial charge in [0.15, 0.2) is 0 Å². The molecule has 0 amide bonds. The summed E-state index contributed by atoms with van der Waals surface area (Å²) in [5.41, 5.74) is 3.51. The zero-order valence-corrected chi connectivity index (χ0v) is 14.0. The number of aromatic nitrogens is 1. The Hall–Kier alpha value is -1.26. The molecular weight excluding hydrogens is 331 g/mol. The number of benzene rings is 1. The number of aryl methyl sites for hydroxylation is 1. The Morgan fingerprint density at radius 1 is 1.33 bits per heavy atom. The van der Waals surface area contributed by atoms with Crippen molar-refractivity contribution >= 4 is 15.9 Å². The Morgan fingerprint density at radius 3 is 2.81 bits per heavy atom. The minimum absolute atomic E-state index is 0.203. The van der Waals surface area contributed by atoms with Crippen LogP contribution < -0.4 is 5.32 Å². The number of hydrogen-bond acceptors (Lipinski definition) is 2. The topological polar surface area (TPSA) is 24.9 Å². The van der Waals surface area contributed by atoms with Gasteiger partial charge in [-0.3, -0.25) is 4.98 Å². The molecule has 0 spiro atoms. The molecule has 2 rings (SSSR count). The minimum atomic E-state index is -0.219. The van der Waals surface area contributed by atoms with Crippen LogP contribution in [0.1, 0.15) is 36.1 Å². The van der Waals surface area contributed by atoms with E-state index in [1.165, 1.54) is 23.3 Å². The van der Waals surface area contributed by atoms with Crippen molar-refractivity contribution in [2.24, 2.45) is 0 Å². The van der Waals surface area contributed by atoms with Gasteiger partial charge in [-0.05, 0) is 61.2 Å². The van der Waals surface area contributed by atoms with Gasteiger partial charge in [-0.15, -0.1) is 0 Å². The molecule has 0 fully saturated rings. The molecule has 0 aliphatic carbocycles. The second-order valence-corrected chi connectivity index (χ2v) is 6.03. The van der Waals surface area contributed by atoms with Crippen LogP contribution in [0.15, 0.2) is 41.1 Å². The summed E-state index contributed by atoms with van der Waals surface area (Å²) in [4.78, 5) is 4.16. The molecule has 2 nitrogen and oxygen atoms in total. The Kier molecular flexibility index (Phi) is 5.88. The van der Waals surface area contributed by atoms with Gasteiger partial charge in [-0.1, -0.05) is 28.9 Å².